The summed E-state index contributed by atoms with van der Waals surface area (Å²) in [6, 6.07) is 1.67. The van der Waals surface area contributed by atoms with E-state index < -0.39 is 5.79 Å². The van der Waals surface area contributed by atoms with Gasteiger partial charge in [-0.1, -0.05) is 34.8 Å². The van der Waals surface area contributed by atoms with Crippen LogP contribution in [0.15, 0.2) is 12.3 Å². The summed E-state index contributed by atoms with van der Waals surface area (Å²) in [6.45, 7) is 4.22. The second-order valence-electron chi connectivity index (χ2n) is 5.88. The molecule has 2 fully saturated rings. The minimum absolute atomic E-state index is 0.121. The highest BCUT2D eigenvalue weighted by Gasteiger charge is 2.52. The third-order valence-corrected chi connectivity index (χ3v) is 4.88. The van der Waals surface area contributed by atoms with E-state index in [1.807, 2.05) is 13.8 Å². The first kappa shape index (κ1) is 15.0. The molecule has 4 heterocycles. The predicted molar refractivity (Wildman–Crippen MR) is 82.7 cm³/mol. The molecule has 2 saturated heterocycles. The maximum Gasteiger partial charge on any atom is 0.164 e. The van der Waals surface area contributed by atoms with Gasteiger partial charge in [-0.15, -0.1) is 0 Å². The van der Waals surface area contributed by atoms with Crippen molar-refractivity contribution in [3.63, 3.8) is 0 Å². The first-order chi connectivity index (χ1) is 10.4. The quantitative estimate of drug-likeness (QED) is 0.771. The molecule has 0 radical (unpaired) electrons. The normalized spacial score (nSPS) is 30.1. The largest absolute Gasteiger partial charge is 0.366 e. The lowest BCUT2D eigenvalue weighted by Gasteiger charge is -2.21. The average molecular weight is 364 g/mol. The fraction of sp³-hybridized carbons (Fsp3) is 0.500. The van der Waals surface area contributed by atoms with E-state index in [1.165, 1.54) is 0 Å². The zero-order chi connectivity index (χ0) is 15.6. The number of ether oxygens (including phenoxy) is 3. The molecule has 2 aliphatic heterocycles. The Labute approximate surface area is 142 Å². The average Bonchev–Trinajstić information content (AvgIpc) is 3.00. The van der Waals surface area contributed by atoms with Gasteiger partial charge in [0.05, 0.1) is 22.3 Å². The van der Waals surface area contributed by atoms with E-state index in [4.69, 9.17) is 49.0 Å². The monoisotopic (exact) mass is 362 g/mol. The molecular formula is C14H13Cl3N2O3. The number of hydrogen-bond acceptors (Lipinski definition) is 4. The summed E-state index contributed by atoms with van der Waals surface area (Å²) in [7, 11) is 0. The van der Waals surface area contributed by atoms with Crippen LogP contribution in [0.25, 0.3) is 5.65 Å². The van der Waals surface area contributed by atoms with E-state index in [2.05, 4.69) is 4.98 Å². The molecule has 0 aliphatic carbocycles. The molecule has 0 saturated carbocycles. The smallest absolute Gasteiger partial charge is 0.164 e. The van der Waals surface area contributed by atoms with Gasteiger partial charge in [0.2, 0.25) is 0 Å². The van der Waals surface area contributed by atoms with Crippen molar-refractivity contribution in [2.75, 3.05) is 6.61 Å². The first-order valence-electron chi connectivity index (χ1n) is 6.85. The topological polar surface area (TPSA) is 45.0 Å². The SMILES string of the molecule is CC1(C)O[C@@H]2[C@@H](CO[C@H]2c2c(Cl)nc3cc(Cl)c(Cl)cn23)O1. The summed E-state index contributed by atoms with van der Waals surface area (Å²) in [5.74, 6) is -0.634. The molecule has 2 aromatic heterocycles. The third-order valence-electron chi connectivity index (χ3n) is 3.89. The molecule has 2 aliphatic rings. The number of hydrogen-bond donors (Lipinski definition) is 0. The number of pyridine rings is 1. The van der Waals surface area contributed by atoms with Gasteiger partial charge in [-0.25, -0.2) is 4.98 Å². The van der Waals surface area contributed by atoms with E-state index in [0.29, 0.717) is 33.1 Å². The molecule has 0 spiro atoms. The van der Waals surface area contributed by atoms with Crippen LogP contribution in [0.1, 0.15) is 25.6 Å². The van der Waals surface area contributed by atoms with E-state index in [0.717, 1.165) is 0 Å². The lowest BCUT2D eigenvalue weighted by molar-refractivity contribution is -0.176. The molecular weight excluding hydrogens is 351 g/mol. The predicted octanol–water partition coefficient (Wildman–Crippen LogP) is 3.89. The van der Waals surface area contributed by atoms with Crippen molar-refractivity contribution in [1.29, 1.82) is 0 Å². The molecule has 5 nitrogen and oxygen atoms in total. The van der Waals surface area contributed by atoms with Gasteiger partial charge in [0, 0.05) is 12.3 Å². The van der Waals surface area contributed by atoms with E-state index in [9.17, 15) is 0 Å². The molecule has 0 amide bonds. The highest BCUT2D eigenvalue weighted by Crippen LogP contribution is 2.44. The summed E-state index contributed by atoms with van der Waals surface area (Å²) in [6.07, 6.45) is 0.961. The number of rotatable bonds is 1. The minimum Gasteiger partial charge on any atom is -0.366 e. The van der Waals surface area contributed by atoms with Crippen LogP contribution in [0.3, 0.4) is 0 Å². The van der Waals surface area contributed by atoms with Gasteiger partial charge in [0.1, 0.15) is 24.0 Å². The van der Waals surface area contributed by atoms with E-state index in [1.54, 1.807) is 16.7 Å². The molecule has 0 N–H and O–H groups in total. The van der Waals surface area contributed by atoms with Crippen molar-refractivity contribution in [3.05, 3.63) is 33.2 Å². The third kappa shape index (κ3) is 2.23. The molecule has 22 heavy (non-hydrogen) atoms. The van der Waals surface area contributed by atoms with Crippen molar-refractivity contribution in [2.45, 2.75) is 37.9 Å². The fourth-order valence-corrected chi connectivity index (χ4v) is 3.64. The van der Waals surface area contributed by atoms with Crippen LogP contribution in [0.2, 0.25) is 15.2 Å². The first-order valence-corrected chi connectivity index (χ1v) is 7.99. The van der Waals surface area contributed by atoms with Crippen LogP contribution in [0.4, 0.5) is 0 Å². The van der Waals surface area contributed by atoms with Crippen molar-refractivity contribution in [3.8, 4) is 0 Å². The van der Waals surface area contributed by atoms with Gasteiger partial charge in [-0.3, -0.25) is 4.40 Å². The van der Waals surface area contributed by atoms with Crippen molar-refractivity contribution in [1.82, 2.24) is 9.38 Å². The van der Waals surface area contributed by atoms with Gasteiger partial charge in [0.15, 0.2) is 10.9 Å². The summed E-state index contributed by atoms with van der Waals surface area (Å²) in [5.41, 5.74) is 1.31. The zero-order valence-electron chi connectivity index (χ0n) is 11.8. The van der Waals surface area contributed by atoms with Gasteiger partial charge in [-0.05, 0) is 13.8 Å². The van der Waals surface area contributed by atoms with Crippen molar-refractivity contribution in [2.24, 2.45) is 0 Å². The molecule has 118 valence electrons. The molecule has 2 aromatic rings. The maximum atomic E-state index is 6.32. The summed E-state index contributed by atoms with van der Waals surface area (Å²) in [4.78, 5) is 4.32. The van der Waals surface area contributed by atoms with Gasteiger partial charge in [-0.2, -0.15) is 0 Å². The second kappa shape index (κ2) is 4.97. The second-order valence-corrected chi connectivity index (χ2v) is 7.05. The van der Waals surface area contributed by atoms with Crippen LogP contribution in [-0.4, -0.2) is 34.0 Å². The minimum atomic E-state index is -0.634. The van der Waals surface area contributed by atoms with Crippen LogP contribution < -0.4 is 0 Å². The highest BCUT2D eigenvalue weighted by molar-refractivity contribution is 6.42. The van der Waals surface area contributed by atoms with E-state index >= 15 is 0 Å². The number of halogens is 3. The zero-order valence-corrected chi connectivity index (χ0v) is 14.1. The summed E-state index contributed by atoms with van der Waals surface area (Å²) < 4.78 is 19.4. The Morgan fingerprint density at radius 2 is 2.00 bits per heavy atom. The highest BCUT2D eigenvalue weighted by atomic mass is 35.5. The Hall–Kier alpha value is -0.560. The Kier molecular flexibility index (Phi) is 3.39. The molecule has 3 atom stereocenters. The lowest BCUT2D eigenvalue weighted by Crippen LogP contribution is -2.25. The Bertz CT molecular complexity index is 761. The number of aromatic nitrogens is 2. The number of fused-ring (bicyclic) bond motifs is 2. The Morgan fingerprint density at radius 3 is 2.77 bits per heavy atom. The van der Waals surface area contributed by atoms with E-state index in [-0.39, 0.29) is 18.3 Å². The standard InChI is InChI=1S/C14H13Cl3N2O3/c1-14(2)21-8-5-20-12(11(8)22-14)10-13(17)18-9-3-6(15)7(16)4-19(9)10/h3-4,8,11-12H,5H2,1-2H3/t8-,11-,12+/m1/s1. The molecule has 8 heteroatoms. The van der Waals surface area contributed by atoms with Gasteiger partial charge < -0.3 is 14.2 Å². The van der Waals surface area contributed by atoms with Crippen LogP contribution in [-0.2, 0) is 14.2 Å². The molecule has 0 aromatic carbocycles. The molecule has 0 unspecified atom stereocenters. The van der Waals surface area contributed by atoms with Crippen LogP contribution >= 0.6 is 34.8 Å². The number of imidazole rings is 1. The van der Waals surface area contributed by atoms with Gasteiger partial charge in [0.25, 0.3) is 0 Å². The van der Waals surface area contributed by atoms with Gasteiger partial charge >= 0.3 is 0 Å². The fourth-order valence-electron chi connectivity index (χ4n) is 3.06. The molecule has 0 bridgehead atoms. The number of nitrogens with zero attached hydrogens (tertiary/aromatic N) is 2. The summed E-state index contributed by atoms with van der Waals surface area (Å²) in [5, 5.41) is 1.19. The van der Waals surface area contributed by atoms with Crippen LogP contribution in [0.5, 0.6) is 0 Å². The Morgan fingerprint density at radius 1 is 1.23 bits per heavy atom. The van der Waals surface area contributed by atoms with Crippen LogP contribution in [0, 0.1) is 0 Å². The summed E-state index contributed by atoms with van der Waals surface area (Å²) >= 11 is 18.5. The Balaban J connectivity index is 1.81. The maximum absolute atomic E-state index is 6.32. The lowest BCUT2D eigenvalue weighted by atomic mass is 10.1. The van der Waals surface area contributed by atoms with Crippen molar-refractivity contribution >= 4 is 40.4 Å². The van der Waals surface area contributed by atoms with Crippen molar-refractivity contribution < 1.29 is 14.2 Å². The molecule has 4 rings (SSSR count).